The fourth-order valence-electron chi connectivity index (χ4n) is 3.29. The Hall–Kier alpha value is -3.65. The first-order chi connectivity index (χ1) is 14.0. The van der Waals surface area contributed by atoms with Crippen molar-refractivity contribution in [2.75, 3.05) is 0 Å². The quantitative estimate of drug-likeness (QED) is 0.527. The smallest absolute Gasteiger partial charge is 0.262 e. The fraction of sp³-hybridized carbons (Fsp3) is 0.208. The van der Waals surface area contributed by atoms with Crippen molar-refractivity contribution in [1.29, 1.82) is 5.26 Å². The Morgan fingerprint density at radius 2 is 1.97 bits per heavy atom. The Bertz CT molecular complexity index is 1130. The number of hydrogen-bond acceptors (Lipinski definition) is 3. The van der Waals surface area contributed by atoms with Crippen molar-refractivity contribution in [1.82, 2.24) is 15.1 Å². The zero-order chi connectivity index (χ0) is 20.4. The van der Waals surface area contributed by atoms with Crippen molar-refractivity contribution in [2.24, 2.45) is 0 Å². The van der Waals surface area contributed by atoms with Crippen molar-refractivity contribution in [3.05, 3.63) is 77.0 Å². The van der Waals surface area contributed by atoms with Gasteiger partial charge in [0.25, 0.3) is 5.91 Å². The number of aryl methyl sites for hydroxylation is 2. The van der Waals surface area contributed by atoms with Crippen LogP contribution in [0.2, 0.25) is 0 Å². The average molecular weight is 382 g/mol. The van der Waals surface area contributed by atoms with Crippen LogP contribution in [0.25, 0.3) is 23.0 Å². The first kappa shape index (κ1) is 18.7. The number of para-hydroxylation sites is 1. The summed E-state index contributed by atoms with van der Waals surface area (Å²) in [5.41, 5.74) is 5.75. The van der Waals surface area contributed by atoms with Gasteiger partial charge in [0.2, 0.25) is 0 Å². The molecular formula is C24H22N4O. The topological polar surface area (TPSA) is 70.7 Å². The van der Waals surface area contributed by atoms with E-state index in [1.54, 1.807) is 10.8 Å². The number of rotatable bonds is 5. The number of carbonyl (C=O) groups is 1. The molecule has 0 unspecified atom stereocenters. The number of nitriles is 1. The van der Waals surface area contributed by atoms with Crippen molar-refractivity contribution < 1.29 is 4.79 Å². The predicted octanol–water partition coefficient (Wildman–Crippen LogP) is 4.34. The van der Waals surface area contributed by atoms with Crippen LogP contribution in [0, 0.1) is 25.2 Å². The molecule has 4 rings (SSSR count). The molecule has 0 saturated heterocycles. The molecular weight excluding hydrogens is 360 g/mol. The van der Waals surface area contributed by atoms with Crippen molar-refractivity contribution in [3.8, 4) is 23.0 Å². The standard InChI is InChI=1S/C24H22N4O/c1-16-8-11-22(17(2)12-16)23-19(13-18(14-25)24(29)26-20-9-10-20)15-28(27-23)21-6-4-3-5-7-21/h3-8,11-13,15,20H,9-10H2,1-2H3,(H,26,29)/b18-13+. The minimum Gasteiger partial charge on any atom is -0.349 e. The molecule has 1 aliphatic rings. The zero-order valence-electron chi connectivity index (χ0n) is 16.5. The molecule has 29 heavy (non-hydrogen) atoms. The maximum atomic E-state index is 12.4. The van der Waals surface area contributed by atoms with Crippen LogP contribution in [-0.2, 0) is 4.79 Å². The van der Waals surface area contributed by atoms with E-state index >= 15 is 0 Å². The van der Waals surface area contributed by atoms with Crippen molar-refractivity contribution in [2.45, 2.75) is 32.7 Å². The van der Waals surface area contributed by atoms with E-state index in [-0.39, 0.29) is 17.5 Å². The number of aromatic nitrogens is 2. The molecule has 144 valence electrons. The second-order valence-corrected chi connectivity index (χ2v) is 7.45. The summed E-state index contributed by atoms with van der Waals surface area (Å²) in [6.45, 7) is 4.10. The van der Waals surface area contributed by atoms with E-state index in [1.807, 2.05) is 61.7 Å². The molecule has 3 aromatic rings. The maximum Gasteiger partial charge on any atom is 0.262 e. The van der Waals surface area contributed by atoms with E-state index in [0.29, 0.717) is 0 Å². The van der Waals surface area contributed by atoms with Gasteiger partial charge in [-0.05, 0) is 50.5 Å². The normalized spacial score (nSPS) is 13.8. The Morgan fingerprint density at radius 1 is 1.21 bits per heavy atom. The van der Waals surface area contributed by atoms with Crippen LogP contribution in [0.1, 0.15) is 29.5 Å². The summed E-state index contributed by atoms with van der Waals surface area (Å²) in [5, 5.41) is 17.2. The Balaban J connectivity index is 1.82. The van der Waals surface area contributed by atoms with E-state index in [1.165, 1.54) is 5.56 Å². The van der Waals surface area contributed by atoms with Crippen LogP contribution in [0.3, 0.4) is 0 Å². The molecule has 0 aliphatic heterocycles. The maximum absolute atomic E-state index is 12.4. The van der Waals surface area contributed by atoms with Crippen molar-refractivity contribution >= 4 is 12.0 Å². The molecule has 5 nitrogen and oxygen atoms in total. The zero-order valence-corrected chi connectivity index (χ0v) is 16.5. The third-order valence-electron chi connectivity index (χ3n) is 4.98. The van der Waals surface area contributed by atoms with Crippen LogP contribution in [-0.4, -0.2) is 21.7 Å². The van der Waals surface area contributed by atoms with Gasteiger partial charge in [0.15, 0.2) is 0 Å². The molecule has 1 aliphatic carbocycles. The molecule has 0 spiro atoms. The third kappa shape index (κ3) is 4.12. The van der Waals surface area contributed by atoms with E-state index in [0.717, 1.165) is 40.9 Å². The minimum atomic E-state index is -0.325. The van der Waals surface area contributed by atoms with Gasteiger partial charge in [-0.2, -0.15) is 10.4 Å². The second kappa shape index (κ2) is 7.76. The summed E-state index contributed by atoms with van der Waals surface area (Å²) in [4.78, 5) is 12.4. The highest BCUT2D eigenvalue weighted by Gasteiger charge is 2.25. The first-order valence-electron chi connectivity index (χ1n) is 9.70. The van der Waals surface area contributed by atoms with Gasteiger partial charge in [0, 0.05) is 23.4 Å². The highest BCUT2D eigenvalue weighted by atomic mass is 16.1. The molecule has 0 radical (unpaired) electrons. The molecule has 1 N–H and O–H groups in total. The van der Waals surface area contributed by atoms with E-state index < -0.39 is 0 Å². The van der Waals surface area contributed by atoms with Crippen LogP contribution in [0.4, 0.5) is 0 Å². The molecule has 2 aromatic carbocycles. The summed E-state index contributed by atoms with van der Waals surface area (Å²) in [6, 6.07) is 18.2. The predicted molar refractivity (Wildman–Crippen MR) is 113 cm³/mol. The van der Waals surface area contributed by atoms with Gasteiger partial charge in [-0.15, -0.1) is 0 Å². The summed E-state index contributed by atoms with van der Waals surface area (Å²) in [7, 11) is 0. The van der Waals surface area contributed by atoms with Crippen LogP contribution in [0.15, 0.2) is 60.3 Å². The minimum absolute atomic E-state index is 0.0931. The summed E-state index contributed by atoms with van der Waals surface area (Å²) < 4.78 is 1.79. The van der Waals surface area contributed by atoms with Crippen LogP contribution in [0.5, 0.6) is 0 Å². The number of nitrogens with zero attached hydrogens (tertiary/aromatic N) is 3. The molecule has 1 heterocycles. The van der Waals surface area contributed by atoms with Crippen molar-refractivity contribution in [3.63, 3.8) is 0 Å². The Morgan fingerprint density at radius 3 is 2.62 bits per heavy atom. The van der Waals surface area contributed by atoms with Gasteiger partial charge in [0.05, 0.1) is 5.69 Å². The lowest BCUT2D eigenvalue weighted by Crippen LogP contribution is -2.26. The average Bonchev–Trinajstić information content (AvgIpc) is 3.43. The molecule has 1 amide bonds. The lowest BCUT2D eigenvalue weighted by atomic mass is 10.00. The largest absolute Gasteiger partial charge is 0.349 e. The molecule has 1 aromatic heterocycles. The molecule has 0 bridgehead atoms. The third-order valence-corrected chi connectivity index (χ3v) is 4.98. The summed E-state index contributed by atoms with van der Waals surface area (Å²) in [5.74, 6) is -0.325. The lowest BCUT2D eigenvalue weighted by Gasteiger charge is -2.06. The molecule has 0 atom stereocenters. The lowest BCUT2D eigenvalue weighted by molar-refractivity contribution is -0.117. The summed E-state index contributed by atoms with van der Waals surface area (Å²) in [6.07, 6.45) is 5.46. The van der Waals surface area contributed by atoms with Gasteiger partial charge < -0.3 is 5.32 Å². The summed E-state index contributed by atoms with van der Waals surface area (Å²) >= 11 is 0. The van der Waals surface area contributed by atoms with Crippen LogP contribution < -0.4 is 5.32 Å². The van der Waals surface area contributed by atoms with Gasteiger partial charge in [-0.25, -0.2) is 4.68 Å². The van der Waals surface area contributed by atoms with Gasteiger partial charge in [-0.1, -0.05) is 42.0 Å². The number of hydrogen-bond donors (Lipinski definition) is 1. The van der Waals surface area contributed by atoms with E-state index in [4.69, 9.17) is 5.10 Å². The first-order valence-corrected chi connectivity index (χ1v) is 9.70. The SMILES string of the molecule is Cc1ccc(-c2nn(-c3ccccc3)cc2/C=C(\C#N)C(=O)NC2CC2)c(C)c1. The van der Waals surface area contributed by atoms with Crippen LogP contribution >= 0.6 is 0 Å². The van der Waals surface area contributed by atoms with E-state index in [2.05, 4.69) is 18.3 Å². The monoisotopic (exact) mass is 382 g/mol. The number of nitrogens with one attached hydrogen (secondary N) is 1. The molecule has 1 saturated carbocycles. The van der Waals surface area contributed by atoms with Gasteiger partial charge >= 0.3 is 0 Å². The highest BCUT2D eigenvalue weighted by Crippen LogP contribution is 2.29. The Kier molecular flexibility index (Phi) is 5.01. The number of amides is 1. The highest BCUT2D eigenvalue weighted by molar-refractivity contribution is 6.02. The molecule has 1 fully saturated rings. The Labute approximate surface area is 170 Å². The van der Waals surface area contributed by atoms with Gasteiger partial charge in [0.1, 0.15) is 17.3 Å². The molecule has 5 heteroatoms. The fourth-order valence-corrected chi connectivity index (χ4v) is 3.29. The van der Waals surface area contributed by atoms with Gasteiger partial charge in [-0.3, -0.25) is 4.79 Å². The van der Waals surface area contributed by atoms with E-state index in [9.17, 15) is 10.1 Å². The second-order valence-electron chi connectivity index (χ2n) is 7.45. The number of benzene rings is 2. The number of carbonyl (C=O) groups excluding carboxylic acids is 1.